The van der Waals surface area contributed by atoms with Crippen molar-refractivity contribution in [2.75, 3.05) is 0 Å². The van der Waals surface area contributed by atoms with Crippen LogP contribution < -0.4 is 0 Å². The van der Waals surface area contributed by atoms with Crippen LogP contribution in [0.3, 0.4) is 0 Å². The van der Waals surface area contributed by atoms with Crippen molar-refractivity contribution in [1.29, 1.82) is 0 Å². The van der Waals surface area contributed by atoms with E-state index in [1.54, 1.807) is 0 Å². The van der Waals surface area contributed by atoms with Crippen LogP contribution in [-0.4, -0.2) is 9.29 Å². The molecule has 0 aromatic heterocycles. The molecule has 0 aliphatic carbocycles. The second-order valence-corrected chi connectivity index (χ2v) is 0.510. The van der Waals surface area contributed by atoms with Gasteiger partial charge < -0.3 is 0 Å². The second kappa shape index (κ2) is 20.4. The van der Waals surface area contributed by atoms with Crippen molar-refractivity contribution >= 4 is 9.29 Å². The quantitative estimate of drug-likeness (QED) is 0.418. The second-order valence-electron chi connectivity index (χ2n) is 0.146. The summed E-state index contributed by atoms with van der Waals surface area (Å²) < 4.78 is 33.6. The van der Waals surface area contributed by atoms with Crippen molar-refractivity contribution in [3.8, 4) is 0 Å². The summed E-state index contributed by atoms with van der Waals surface area (Å²) in [5.41, 5.74) is 0. The third kappa shape index (κ3) is 8380. The zero-order valence-corrected chi connectivity index (χ0v) is 4.69. The number of hydrogen-bond donors (Lipinski definition) is 0. The van der Waals surface area contributed by atoms with E-state index in [0.717, 1.165) is 0 Å². The van der Waals surface area contributed by atoms with Crippen molar-refractivity contribution in [3.63, 3.8) is 0 Å². The SMILES string of the molecule is O=[Si]=O.[O]=[Mn]=[O]. The first-order valence-corrected chi connectivity index (χ1v) is 2.50. The van der Waals surface area contributed by atoms with Crippen molar-refractivity contribution in [1.82, 2.24) is 0 Å². The summed E-state index contributed by atoms with van der Waals surface area (Å²) in [5.74, 6) is 0. The van der Waals surface area contributed by atoms with Gasteiger partial charge in [-0.2, -0.15) is 0 Å². The molecule has 0 radical (unpaired) electrons. The van der Waals surface area contributed by atoms with E-state index in [2.05, 4.69) is 0 Å². The minimum absolute atomic E-state index is 1.42. The fourth-order valence-electron chi connectivity index (χ4n) is 0. The molecular weight excluding hydrogens is 147 g/mol. The van der Waals surface area contributed by atoms with E-state index >= 15 is 0 Å². The van der Waals surface area contributed by atoms with Gasteiger partial charge in [-0.15, -0.1) is 0 Å². The predicted octanol–water partition coefficient (Wildman–Crippen LogP) is -0.859. The van der Waals surface area contributed by atoms with Crippen LogP contribution in [0.25, 0.3) is 0 Å². The van der Waals surface area contributed by atoms with Gasteiger partial charge in [0.2, 0.25) is 0 Å². The topological polar surface area (TPSA) is 68.3 Å². The maximum absolute atomic E-state index is 8.41. The van der Waals surface area contributed by atoms with E-state index in [-0.39, 0.29) is 0 Å². The van der Waals surface area contributed by atoms with Crippen LogP contribution in [0.2, 0.25) is 0 Å². The van der Waals surface area contributed by atoms with Gasteiger partial charge in [-0.25, -0.2) is 0 Å². The molecule has 0 heterocycles. The van der Waals surface area contributed by atoms with E-state index in [4.69, 9.17) is 16.6 Å². The van der Waals surface area contributed by atoms with E-state index < -0.39 is 24.1 Å². The van der Waals surface area contributed by atoms with Crippen LogP contribution in [0.15, 0.2) is 0 Å². The molecule has 0 amide bonds. The maximum atomic E-state index is 8.41. The Morgan fingerprint density at radius 3 is 1.17 bits per heavy atom. The molecule has 0 fully saturated rings. The molecule has 0 bridgehead atoms. The third-order valence-corrected chi connectivity index (χ3v) is 0. The molecule has 35 valence electrons. The molecule has 6 heavy (non-hydrogen) atoms. The molecule has 0 aliphatic heterocycles. The van der Waals surface area contributed by atoms with Crippen molar-refractivity contribution in [2.45, 2.75) is 0 Å². The molecule has 0 N–H and O–H groups in total. The summed E-state index contributed by atoms with van der Waals surface area (Å²) in [6.45, 7) is 0. The van der Waals surface area contributed by atoms with E-state index in [1.807, 2.05) is 0 Å². The summed E-state index contributed by atoms with van der Waals surface area (Å²) in [6.07, 6.45) is 0. The van der Waals surface area contributed by atoms with Crippen LogP contribution in [0.4, 0.5) is 0 Å². The van der Waals surface area contributed by atoms with Gasteiger partial charge in [-0.3, -0.25) is 8.92 Å². The molecule has 0 rings (SSSR count). The number of rotatable bonds is 0. The summed E-state index contributed by atoms with van der Waals surface area (Å²) in [4.78, 5) is 0. The normalized spacial score (nSPS) is 3.33. The Hall–Kier alpha value is -0.0636. The first kappa shape index (κ1) is 9.34. The van der Waals surface area contributed by atoms with Gasteiger partial charge in [-0.05, 0) is 0 Å². The van der Waals surface area contributed by atoms with Crippen molar-refractivity contribution in [3.05, 3.63) is 0 Å². The van der Waals surface area contributed by atoms with Crippen LogP contribution in [0.5, 0.6) is 0 Å². The van der Waals surface area contributed by atoms with Gasteiger partial charge in [0.25, 0.3) is 0 Å². The Morgan fingerprint density at radius 2 is 1.17 bits per heavy atom. The molecule has 0 spiro atoms. The van der Waals surface area contributed by atoms with Gasteiger partial charge in [0, 0.05) is 0 Å². The summed E-state index contributed by atoms with van der Waals surface area (Å²) in [5, 5.41) is 0. The minimum atomic E-state index is -1.44. The average Bonchev–Trinajstić information content (AvgIpc) is 1.39. The standard InChI is InChI=1S/Mn.O2Si.2O/c;1-3-2;;. The molecule has 0 atom stereocenters. The molecule has 0 aromatic carbocycles. The van der Waals surface area contributed by atoms with E-state index in [0.29, 0.717) is 0 Å². The van der Waals surface area contributed by atoms with Crippen LogP contribution in [-0.2, 0) is 31.4 Å². The monoisotopic (exact) mass is 147 g/mol. The Balaban J connectivity index is 0. The Bertz CT molecular complexity index is 61.5. The van der Waals surface area contributed by atoms with Gasteiger partial charge in [0.05, 0.1) is 0 Å². The third-order valence-electron chi connectivity index (χ3n) is 0. The molecular formula is MnO4Si. The molecule has 6 heteroatoms. The molecule has 0 aromatic rings. The van der Waals surface area contributed by atoms with Crippen LogP contribution in [0, 0.1) is 0 Å². The summed E-state index contributed by atoms with van der Waals surface area (Å²) in [7, 11) is -1.42. The average molecular weight is 147 g/mol. The molecule has 0 saturated heterocycles. The summed E-state index contributed by atoms with van der Waals surface area (Å²) >= 11 is -1.44. The Kier molecular flexibility index (Phi) is 31.7. The van der Waals surface area contributed by atoms with Gasteiger partial charge in [0.15, 0.2) is 0 Å². The van der Waals surface area contributed by atoms with Gasteiger partial charge >= 0.3 is 31.8 Å². The van der Waals surface area contributed by atoms with Crippen molar-refractivity contribution < 1.29 is 31.4 Å². The number of hydrogen-bond acceptors (Lipinski definition) is 4. The fraction of sp³-hybridized carbons (Fsp3) is 0. The van der Waals surface area contributed by atoms with E-state index in [9.17, 15) is 0 Å². The van der Waals surface area contributed by atoms with Crippen LogP contribution in [0.1, 0.15) is 0 Å². The zero-order valence-electron chi connectivity index (χ0n) is 2.51. The zero-order chi connectivity index (χ0) is 5.41. The predicted molar refractivity (Wildman–Crippen MR) is 8.50 cm³/mol. The van der Waals surface area contributed by atoms with Crippen molar-refractivity contribution in [2.24, 2.45) is 0 Å². The molecule has 0 unspecified atom stereocenters. The molecule has 4 nitrogen and oxygen atoms in total. The molecule has 0 aliphatic rings. The Morgan fingerprint density at radius 1 is 1.17 bits per heavy atom. The van der Waals surface area contributed by atoms with Gasteiger partial charge in [0.1, 0.15) is 0 Å². The first-order valence-electron chi connectivity index (χ1n) is 0.717. The van der Waals surface area contributed by atoms with Gasteiger partial charge in [-0.1, -0.05) is 0 Å². The first-order chi connectivity index (χ1) is 2.83. The van der Waals surface area contributed by atoms with E-state index in [1.165, 1.54) is 0 Å². The van der Waals surface area contributed by atoms with Crippen LogP contribution >= 0.6 is 0 Å². The molecule has 0 saturated carbocycles. The summed E-state index contributed by atoms with van der Waals surface area (Å²) in [6, 6.07) is 0. The fourth-order valence-corrected chi connectivity index (χ4v) is 0. The Labute approximate surface area is 41.4 Å².